The average Bonchev–Trinajstić information content (AvgIpc) is 2.91. The molecule has 1 saturated carbocycles. The van der Waals surface area contributed by atoms with Crippen LogP contribution in [0.3, 0.4) is 0 Å². The van der Waals surface area contributed by atoms with Crippen molar-refractivity contribution in [2.45, 2.75) is 57.9 Å². The summed E-state index contributed by atoms with van der Waals surface area (Å²) in [4.78, 5) is 36.9. The Bertz CT molecular complexity index is 519. The summed E-state index contributed by atoms with van der Waals surface area (Å²) in [6, 6.07) is 0. The first-order valence-corrected chi connectivity index (χ1v) is 8.65. The molecular formula is C17H28N2O5. The molecule has 0 bridgehead atoms. The lowest BCUT2D eigenvalue weighted by Gasteiger charge is -2.46. The first-order chi connectivity index (χ1) is 11.2. The fourth-order valence-corrected chi connectivity index (χ4v) is 4.49. The monoisotopic (exact) mass is 340 g/mol. The van der Waals surface area contributed by atoms with E-state index >= 15 is 0 Å². The molecule has 2 atom stereocenters. The second kappa shape index (κ2) is 7.09. The summed E-state index contributed by atoms with van der Waals surface area (Å²) in [5.74, 6) is -2.33. The van der Waals surface area contributed by atoms with Gasteiger partial charge in [-0.3, -0.25) is 14.9 Å². The molecule has 24 heavy (non-hydrogen) atoms. The molecule has 1 aliphatic heterocycles. The van der Waals surface area contributed by atoms with Gasteiger partial charge in [-0.2, -0.15) is 0 Å². The van der Waals surface area contributed by atoms with E-state index in [9.17, 15) is 19.5 Å². The van der Waals surface area contributed by atoms with Crippen molar-refractivity contribution < 1.29 is 24.6 Å². The smallest absolute Gasteiger partial charge is 0.329 e. The molecule has 0 aromatic rings. The summed E-state index contributed by atoms with van der Waals surface area (Å²) in [7, 11) is 0. The highest BCUT2D eigenvalue weighted by molar-refractivity contribution is 5.89. The Kier molecular flexibility index (Phi) is 5.52. The number of carboxylic acids is 2. The van der Waals surface area contributed by atoms with Gasteiger partial charge in [-0.15, -0.1) is 0 Å². The third-order valence-electron chi connectivity index (χ3n) is 5.53. The number of carbonyl (C=O) groups is 3. The van der Waals surface area contributed by atoms with E-state index in [1.165, 1.54) is 4.90 Å². The molecule has 1 unspecified atom stereocenters. The summed E-state index contributed by atoms with van der Waals surface area (Å²) in [5.41, 5.74) is -1.05. The van der Waals surface area contributed by atoms with Crippen LogP contribution in [0.2, 0.25) is 0 Å². The quantitative estimate of drug-likeness (QED) is 0.673. The van der Waals surface area contributed by atoms with Crippen molar-refractivity contribution in [3.63, 3.8) is 0 Å². The van der Waals surface area contributed by atoms with Crippen molar-refractivity contribution in [1.29, 1.82) is 0 Å². The van der Waals surface area contributed by atoms with Crippen molar-refractivity contribution in [3.8, 4) is 0 Å². The van der Waals surface area contributed by atoms with E-state index in [-0.39, 0.29) is 30.3 Å². The molecule has 0 aromatic carbocycles. The van der Waals surface area contributed by atoms with Crippen molar-refractivity contribution in [3.05, 3.63) is 0 Å². The number of likely N-dealkylation sites (tertiary alicyclic amines) is 1. The Labute approximate surface area is 142 Å². The van der Waals surface area contributed by atoms with Gasteiger partial charge in [-0.1, -0.05) is 20.3 Å². The predicted octanol–water partition coefficient (Wildman–Crippen LogP) is 1.32. The van der Waals surface area contributed by atoms with E-state index in [0.29, 0.717) is 19.4 Å². The SMILES string of the molecule is CC1(C)CCCC([C@@]2(C(=O)O)CCCN2C(=O)CNCC(=O)O)C1. The van der Waals surface area contributed by atoms with Crippen LogP contribution in [-0.4, -0.2) is 58.1 Å². The maximum absolute atomic E-state index is 12.6. The first-order valence-electron chi connectivity index (χ1n) is 8.65. The van der Waals surface area contributed by atoms with Crippen LogP contribution in [0.4, 0.5) is 0 Å². The Balaban J connectivity index is 2.18. The summed E-state index contributed by atoms with van der Waals surface area (Å²) >= 11 is 0. The Morgan fingerprint density at radius 2 is 1.83 bits per heavy atom. The van der Waals surface area contributed by atoms with Crippen LogP contribution in [0.5, 0.6) is 0 Å². The highest BCUT2D eigenvalue weighted by Crippen LogP contribution is 2.48. The van der Waals surface area contributed by atoms with Gasteiger partial charge >= 0.3 is 11.9 Å². The van der Waals surface area contributed by atoms with Crippen molar-refractivity contribution in [1.82, 2.24) is 10.2 Å². The highest BCUT2D eigenvalue weighted by Gasteiger charge is 2.56. The standard InChI is InChI=1S/C17H28N2O5/c1-16(2)6-3-5-12(9-16)17(15(23)24)7-4-8-19(17)13(20)10-18-11-14(21)22/h12,18H,3-11H2,1-2H3,(H,21,22)(H,23,24)/t12?,17-/m1/s1. The number of hydrogen-bond donors (Lipinski definition) is 3. The molecule has 2 rings (SSSR count). The lowest BCUT2D eigenvalue weighted by atomic mass is 9.64. The van der Waals surface area contributed by atoms with Gasteiger partial charge in [0.2, 0.25) is 5.91 Å². The van der Waals surface area contributed by atoms with Crippen LogP contribution in [-0.2, 0) is 14.4 Å². The Morgan fingerprint density at radius 3 is 2.42 bits per heavy atom. The zero-order valence-electron chi connectivity index (χ0n) is 14.5. The minimum absolute atomic E-state index is 0.0512. The Hall–Kier alpha value is -1.63. The molecule has 1 aliphatic carbocycles. The molecule has 7 nitrogen and oxygen atoms in total. The second-order valence-electron chi connectivity index (χ2n) is 7.83. The molecule has 1 heterocycles. The van der Waals surface area contributed by atoms with Crippen molar-refractivity contribution in [2.24, 2.45) is 11.3 Å². The van der Waals surface area contributed by atoms with E-state index in [2.05, 4.69) is 19.2 Å². The van der Waals surface area contributed by atoms with E-state index in [1.54, 1.807) is 0 Å². The number of nitrogens with one attached hydrogen (secondary N) is 1. The number of rotatable bonds is 6. The zero-order valence-corrected chi connectivity index (χ0v) is 14.5. The lowest BCUT2D eigenvalue weighted by molar-refractivity contribution is -0.162. The molecule has 1 amide bonds. The number of amides is 1. The van der Waals surface area contributed by atoms with Crippen LogP contribution in [0, 0.1) is 11.3 Å². The van der Waals surface area contributed by atoms with Crippen LogP contribution < -0.4 is 5.32 Å². The summed E-state index contributed by atoms with van der Waals surface area (Å²) < 4.78 is 0. The van der Waals surface area contributed by atoms with Gasteiger partial charge in [-0.05, 0) is 43.4 Å². The number of aliphatic carboxylic acids is 2. The Morgan fingerprint density at radius 1 is 1.12 bits per heavy atom. The van der Waals surface area contributed by atoms with E-state index in [1.807, 2.05) is 0 Å². The summed E-state index contributed by atoms with van der Waals surface area (Å²) in [5, 5.41) is 21.2. The molecule has 2 aliphatic rings. The average molecular weight is 340 g/mol. The van der Waals surface area contributed by atoms with Gasteiger partial charge in [0.15, 0.2) is 0 Å². The maximum atomic E-state index is 12.6. The van der Waals surface area contributed by atoms with Gasteiger partial charge in [0.25, 0.3) is 0 Å². The molecule has 0 radical (unpaired) electrons. The normalized spacial score (nSPS) is 29.4. The van der Waals surface area contributed by atoms with Gasteiger partial charge < -0.3 is 15.1 Å². The van der Waals surface area contributed by atoms with Gasteiger partial charge in [0, 0.05) is 6.54 Å². The fourth-order valence-electron chi connectivity index (χ4n) is 4.49. The van der Waals surface area contributed by atoms with Crippen molar-refractivity contribution >= 4 is 17.8 Å². The molecular weight excluding hydrogens is 312 g/mol. The molecule has 0 aromatic heterocycles. The minimum atomic E-state index is -1.14. The highest BCUT2D eigenvalue weighted by atomic mass is 16.4. The predicted molar refractivity (Wildman–Crippen MR) is 87.6 cm³/mol. The summed E-state index contributed by atoms with van der Waals surface area (Å²) in [6.07, 6.45) is 4.83. The topological polar surface area (TPSA) is 107 Å². The van der Waals surface area contributed by atoms with Crippen LogP contribution in [0.25, 0.3) is 0 Å². The van der Waals surface area contributed by atoms with Gasteiger partial charge in [0.05, 0.1) is 13.1 Å². The third kappa shape index (κ3) is 3.71. The number of nitrogens with zero attached hydrogens (tertiary/aromatic N) is 1. The van der Waals surface area contributed by atoms with Crippen molar-refractivity contribution in [2.75, 3.05) is 19.6 Å². The van der Waals surface area contributed by atoms with Crippen LogP contribution >= 0.6 is 0 Å². The van der Waals surface area contributed by atoms with Crippen LogP contribution in [0.15, 0.2) is 0 Å². The molecule has 2 fully saturated rings. The van der Waals surface area contributed by atoms with E-state index < -0.39 is 17.5 Å². The molecule has 3 N–H and O–H groups in total. The first kappa shape index (κ1) is 18.7. The summed E-state index contributed by atoms with van der Waals surface area (Å²) in [6.45, 7) is 4.29. The van der Waals surface area contributed by atoms with Gasteiger partial charge in [0.1, 0.15) is 5.54 Å². The van der Waals surface area contributed by atoms with E-state index in [4.69, 9.17) is 5.11 Å². The molecule has 7 heteroatoms. The molecule has 136 valence electrons. The second-order valence-corrected chi connectivity index (χ2v) is 7.83. The maximum Gasteiger partial charge on any atom is 0.329 e. The number of carbonyl (C=O) groups excluding carboxylic acids is 1. The van der Waals surface area contributed by atoms with Crippen LogP contribution in [0.1, 0.15) is 52.4 Å². The lowest BCUT2D eigenvalue weighted by Crippen LogP contribution is -2.60. The molecule has 0 spiro atoms. The van der Waals surface area contributed by atoms with E-state index in [0.717, 1.165) is 25.7 Å². The zero-order chi connectivity index (χ0) is 18.0. The largest absolute Gasteiger partial charge is 0.480 e. The minimum Gasteiger partial charge on any atom is -0.480 e. The fraction of sp³-hybridized carbons (Fsp3) is 0.824. The van der Waals surface area contributed by atoms with Gasteiger partial charge in [-0.25, -0.2) is 4.79 Å². The number of carboxylic acid groups (broad SMARTS) is 2. The number of hydrogen-bond acceptors (Lipinski definition) is 4. The third-order valence-corrected chi connectivity index (χ3v) is 5.53. The molecule has 1 saturated heterocycles.